The van der Waals surface area contributed by atoms with Crippen LogP contribution in [-0.2, 0) is 14.4 Å². The molecule has 46 heavy (non-hydrogen) atoms. The van der Waals surface area contributed by atoms with Gasteiger partial charge in [-0.3, -0.25) is 14.4 Å². The molecule has 1 aromatic carbocycles. The molecule has 8 nitrogen and oxygen atoms in total. The Labute approximate surface area is 283 Å². The number of carbonyl (C=O) groups is 3. The van der Waals surface area contributed by atoms with Crippen LogP contribution in [0, 0.1) is 24.7 Å². The normalized spacial score (nSPS) is 14.7. The summed E-state index contributed by atoms with van der Waals surface area (Å²) in [5.74, 6) is 7.79. The Bertz CT molecular complexity index is 1180. The zero-order valence-corrected chi connectivity index (χ0v) is 30.8. The summed E-state index contributed by atoms with van der Waals surface area (Å²) in [4.78, 5) is 42.0. The molecule has 2 heterocycles. The maximum atomic E-state index is 12.0. The van der Waals surface area contributed by atoms with Crippen molar-refractivity contribution in [2.24, 2.45) is 23.6 Å². The van der Waals surface area contributed by atoms with Crippen molar-refractivity contribution in [3.05, 3.63) is 52.8 Å². The molecule has 3 N–H and O–H groups in total. The van der Waals surface area contributed by atoms with Crippen molar-refractivity contribution >= 4 is 29.4 Å². The van der Waals surface area contributed by atoms with Gasteiger partial charge in [0.2, 0.25) is 12.3 Å². The van der Waals surface area contributed by atoms with Crippen molar-refractivity contribution in [3.8, 4) is 10.4 Å². The predicted octanol–water partition coefficient (Wildman–Crippen LogP) is 8.09. The lowest BCUT2D eigenvalue weighted by atomic mass is 9.95. The minimum absolute atomic E-state index is 0.0323. The highest BCUT2D eigenvalue weighted by molar-refractivity contribution is 7.13. The number of benzene rings is 1. The van der Waals surface area contributed by atoms with Crippen molar-refractivity contribution in [1.82, 2.24) is 20.2 Å². The largest absolute Gasteiger partial charge is 0.351 e. The number of nitrogens with one attached hydrogen (secondary N) is 1. The minimum atomic E-state index is -0.274. The highest BCUT2D eigenvalue weighted by Crippen LogP contribution is 2.38. The van der Waals surface area contributed by atoms with E-state index in [-0.39, 0.29) is 23.7 Å². The summed E-state index contributed by atoms with van der Waals surface area (Å²) in [5.41, 5.74) is 6.30. The fraction of sp³-hybridized carbons (Fsp3) is 0.622. The predicted molar refractivity (Wildman–Crippen MR) is 193 cm³/mol. The number of ketones is 1. The SMILES string of the molecule is CC.CC(C)C.CCC/C(=C\N(N)CC(=O)N1CCCC1)C1CC1.Cc1ncsc1-c1ccc(C(CC(=O)C(C)C)NC=O)cc1. The third-order valence-corrected chi connectivity index (χ3v) is 8.37. The lowest BCUT2D eigenvalue weighted by molar-refractivity contribution is -0.130. The summed E-state index contributed by atoms with van der Waals surface area (Å²) in [6.07, 6.45) is 10.1. The monoisotopic (exact) mass is 655 g/mol. The number of carbonyl (C=O) groups excluding carboxylic acids is 3. The molecule has 0 spiro atoms. The van der Waals surface area contributed by atoms with Gasteiger partial charge >= 0.3 is 0 Å². The first-order valence-electron chi connectivity index (χ1n) is 17.2. The van der Waals surface area contributed by atoms with E-state index in [0.717, 1.165) is 72.3 Å². The van der Waals surface area contributed by atoms with Crippen LogP contribution in [0.2, 0.25) is 0 Å². The zero-order valence-electron chi connectivity index (χ0n) is 30.0. The highest BCUT2D eigenvalue weighted by Gasteiger charge is 2.26. The van der Waals surface area contributed by atoms with Gasteiger partial charge in [-0.15, -0.1) is 11.3 Å². The number of nitrogens with zero attached hydrogens (tertiary/aromatic N) is 3. The van der Waals surface area contributed by atoms with Gasteiger partial charge in [0.15, 0.2) is 0 Å². The molecular formula is C37H61N5O3S. The van der Waals surface area contributed by atoms with Gasteiger partial charge in [-0.2, -0.15) is 0 Å². The summed E-state index contributed by atoms with van der Waals surface area (Å²) >= 11 is 1.60. The van der Waals surface area contributed by atoms with Gasteiger partial charge in [-0.1, -0.05) is 86.1 Å². The van der Waals surface area contributed by atoms with Crippen LogP contribution < -0.4 is 11.2 Å². The quantitative estimate of drug-likeness (QED) is 0.128. The Morgan fingerprint density at radius 3 is 2.13 bits per heavy atom. The number of amides is 2. The van der Waals surface area contributed by atoms with E-state index in [1.54, 1.807) is 16.3 Å². The number of hydrazine groups is 1. The number of aryl methyl sites for hydroxylation is 1. The molecule has 0 radical (unpaired) electrons. The Kier molecular flexibility index (Phi) is 20.0. The van der Waals surface area contributed by atoms with E-state index < -0.39 is 0 Å². The topological polar surface area (TPSA) is 109 Å². The van der Waals surface area contributed by atoms with Gasteiger partial charge in [-0.05, 0) is 67.6 Å². The van der Waals surface area contributed by atoms with E-state index in [4.69, 9.17) is 5.84 Å². The van der Waals surface area contributed by atoms with E-state index in [2.05, 4.69) is 38.0 Å². The first-order chi connectivity index (χ1) is 22.0. The molecule has 0 bridgehead atoms. The molecular weight excluding hydrogens is 595 g/mol. The number of hydrogen-bond acceptors (Lipinski definition) is 7. The maximum Gasteiger partial charge on any atom is 0.243 e. The number of thiazole rings is 1. The van der Waals surface area contributed by atoms with Gasteiger partial charge in [-0.25, -0.2) is 10.8 Å². The second kappa shape index (κ2) is 22.5. The van der Waals surface area contributed by atoms with Crippen molar-refractivity contribution in [2.75, 3.05) is 19.6 Å². The molecule has 2 amide bonds. The van der Waals surface area contributed by atoms with Crippen LogP contribution >= 0.6 is 11.3 Å². The van der Waals surface area contributed by atoms with Crippen molar-refractivity contribution in [1.29, 1.82) is 0 Å². The van der Waals surface area contributed by atoms with Crippen molar-refractivity contribution < 1.29 is 14.4 Å². The average molecular weight is 656 g/mol. The highest BCUT2D eigenvalue weighted by atomic mass is 32.1. The molecule has 4 rings (SSSR count). The Balaban J connectivity index is 0.000000398. The number of likely N-dealkylation sites (tertiary alicyclic amines) is 1. The lowest BCUT2D eigenvalue weighted by Gasteiger charge is -2.20. The first-order valence-corrected chi connectivity index (χ1v) is 18.1. The second-order valence-electron chi connectivity index (χ2n) is 12.8. The molecule has 1 aromatic heterocycles. The van der Waals surface area contributed by atoms with Gasteiger partial charge in [0.05, 0.1) is 22.1 Å². The number of rotatable bonds is 13. The second-order valence-corrected chi connectivity index (χ2v) is 13.6. The standard InChI is InChI=1S/C17H20N2O2S.C14H25N3O.C4H10.C2H6/c1-11(2)16(21)8-15(18-9-20)13-4-6-14(7-5-13)17-12(3)19-10-22-17;1-2-5-13(12-6-7-12)10-17(15)11-14(18)16-8-3-4-9-16;1-4(2)3;1-2/h4-7,9-11,15H,8H2,1-3H3,(H,18,20);10,12H,2-9,11,15H2,1H3;4H,1-3H3;1-2H3/b;13-10+;;. The smallest absolute Gasteiger partial charge is 0.243 e. The molecule has 2 aliphatic rings. The molecule has 1 unspecified atom stereocenters. The summed E-state index contributed by atoms with van der Waals surface area (Å²) in [5, 5.41) is 4.33. The average Bonchev–Trinajstić information content (AvgIpc) is 3.53. The van der Waals surface area contributed by atoms with Gasteiger partial charge in [0.1, 0.15) is 12.3 Å². The van der Waals surface area contributed by atoms with Crippen LogP contribution in [0.15, 0.2) is 41.5 Å². The molecule has 258 valence electrons. The number of aromatic nitrogens is 1. The maximum absolute atomic E-state index is 12.0. The summed E-state index contributed by atoms with van der Waals surface area (Å²) in [6.45, 7) is 20.5. The van der Waals surface area contributed by atoms with E-state index in [9.17, 15) is 14.4 Å². The van der Waals surface area contributed by atoms with Gasteiger partial charge < -0.3 is 15.2 Å². The van der Waals surface area contributed by atoms with Crippen LogP contribution in [0.5, 0.6) is 0 Å². The van der Waals surface area contributed by atoms with Crippen LogP contribution in [0.1, 0.15) is 118 Å². The van der Waals surface area contributed by atoms with Gasteiger partial charge in [0, 0.05) is 31.6 Å². The molecule has 1 aliphatic heterocycles. The van der Waals surface area contributed by atoms with Crippen LogP contribution in [0.25, 0.3) is 10.4 Å². The molecule has 1 saturated carbocycles. The Hall–Kier alpha value is -3.04. The molecule has 2 fully saturated rings. The molecule has 2 aromatic rings. The number of allylic oxidation sites excluding steroid dienone is 1. The zero-order chi connectivity index (χ0) is 34.6. The molecule has 9 heteroatoms. The summed E-state index contributed by atoms with van der Waals surface area (Å²) in [6, 6.07) is 7.67. The van der Waals surface area contributed by atoms with Gasteiger partial charge in [0.25, 0.3) is 0 Å². The third-order valence-electron chi connectivity index (χ3n) is 7.39. The minimum Gasteiger partial charge on any atom is -0.351 e. The van der Waals surface area contributed by atoms with Crippen LogP contribution in [0.4, 0.5) is 0 Å². The first kappa shape index (κ1) is 41.0. The van der Waals surface area contributed by atoms with Crippen molar-refractivity contribution in [2.45, 2.75) is 113 Å². The van der Waals surface area contributed by atoms with E-state index >= 15 is 0 Å². The summed E-state index contributed by atoms with van der Waals surface area (Å²) in [7, 11) is 0. The lowest BCUT2D eigenvalue weighted by Crippen LogP contribution is -2.39. The summed E-state index contributed by atoms with van der Waals surface area (Å²) < 4.78 is 0. The Morgan fingerprint density at radius 2 is 1.67 bits per heavy atom. The molecule has 1 atom stereocenters. The van der Waals surface area contributed by atoms with Crippen LogP contribution in [0.3, 0.4) is 0 Å². The molecule has 1 saturated heterocycles. The Morgan fingerprint density at radius 1 is 1.09 bits per heavy atom. The number of hydrogen-bond donors (Lipinski definition) is 2. The number of nitrogens with two attached hydrogens (primary N) is 1. The van der Waals surface area contributed by atoms with E-state index in [1.165, 1.54) is 18.4 Å². The fourth-order valence-electron chi connectivity index (χ4n) is 4.84. The van der Waals surface area contributed by atoms with Crippen molar-refractivity contribution in [3.63, 3.8) is 0 Å². The molecule has 1 aliphatic carbocycles. The van der Waals surface area contributed by atoms with Crippen LogP contribution in [-0.4, -0.2) is 52.6 Å². The third kappa shape index (κ3) is 15.5. The fourth-order valence-corrected chi connectivity index (χ4v) is 5.65. The van der Waals surface area contributed by atoms with E-state index in [0.29, 0.717) is 19.4 Å². The number of Topliss-reactive ketones (excluding diaryl/α,β-unsaturated/α-hetero) is 1. The van der Waals surface area contributed by atoms with E-state index in [1.807, 2.05) is 75.5 Å².